The molecule has 1 atom stereocenters. The van der Waals surface area contributed by atoms with Gasteiger partial charge in [-0.25, -0.2) is 0 Å². The molecule has 0 heterocycles. The van der Waals surface area contributed by atoms with Gasteiger partial charge < -0.3 is 5.11 Å². The zero-order valence-corrected chi connectivity index (χ0v) is 9.18. The van der Waals surface area contributed by atoms with E-state index in [-0.39, 0.29) is 17.8 Å². The van der Waals surface area contributed by atoms with Crippen molar-refractivity contribution in [1.29, 1.82) is 0 Å². The second-order valence-electron chi connectivity index (χ2n) is 4.53. The lowest BCUT2D eigenvalue weighted by Crippen LogP contribution is -2.29. The van der Waals surface area contributed by atoms with Gasteiger partial charge in [0.05, 0.1) is 0 Å². The van der Waals surface area contributed by atoms with Crippen molar-refractivity contribution in [2.24, 2.45) is 5.41 Å². The summed E-state index contributed by atoms with van der Waals surface area (Å²) >= 11 is 0. The maximum atomic E-state index is 11.5. The third-order valence-corrected chi connectivity index (χ3v) is 3.03. The van der Waals surface area contributed by atoms with Crippen molar-refractivity contribution < 1.29 is 9.90 Å². The maximum Gasteiger partial charge on any atom is 0.156 e. The highest BCUT2D eigenvalue weighted by Gasteiger charge is 2.33. The van der Waals surface area contributed by atoms with Gasteiger partial charge in [0.2, 0.25) is 0 Å². The van der Waals surface area contributed by atoms with Crippen LogP contribution in [0.5, 0.6) is 0 Å². The van der Waals surface area contributed by atoms with E-state index >= 15 is 0 Å². The molecule has 1 aliphatic carbocycles. The fourth-order valence-corrected chi connectivity index (χ4v) is 2.65. The van der Waals surface area contributed by atoms with Gasteiger partial charge in [0.15, 0.2) is 5.78 Å². The van der Waals surface area contributed by atoms with E-state index in [9.17, 15) is 4.79 Å². The predicted octanol–water partition coefficient (Wildman–Crippen LogP) is 2.46. The summed E-state index contributed by atoms with van der Waals surface area (Å²) in [6.45, 7) is 4.34. The van der Waals surface area contributed by atoms with Crippen molar-refractivity contribution >= 4 is 5.78 Å². The lowest BCUT2D eigenvalue weighted by molar-refractivity contribution is -0.118. The molecule has 2 nitrogen and oxygen atoms in total. The summed E-state index contributed by atoms with van der Waals surface area (Å²) in [4.78, 5) is 11.5. The third kappa shape index (κ3) is 2.68. The van der Waals surface area contributed by atoms with Gasteiger partial charge in [-0.15, -0.1) is 0 Å². The number of ketones is 1. The van der Waals surface area contributed by atoms with Crippen molar-refractivity contribution in [2.45, 2.75) is 46.0 Å². The summed E-state index contributed by atoms with van der Waals surface area (Å²) in [5.74, 6) is 0.232. The minimum atomic E-state index is 0.0550. The summed E-state index contributed by atoms with van der Waals surface area (Å²) < 4.78 is 0. The van der Waals surface area contributed by atoms with Crippen molar-refractivity contribution in [1.82, 2.24) is 0 Å². The van der Waals surface area contributed by atoms with Crippen LogP contribution in [0.3, 0.4) is 0 Å². The molecule has 0 aliphatic heterocycles. The quantitative estimate of drug-likeness (QED) is 0.750. The third-order valence-electron chi connectivity index (χ3n) is 3.03. The van der Waals surface area contributed by atoms with E-state index in [4.69, 9.17) is 5.11 Å². The molecule has 2 heteroatoms. The first-order valence-electron chi connectivity index (χ1n) is 5.43. The molecule has 0 amide bonds. The Morgan fingerprint density at radius 3 is 2.64 bits per heavy atom. The fourth-order valence-electron chi connectivity index (χ4n) is 2.65. The number of aliphatic hydroxyl groups is 1. The van der Waals surface area contributed by atoms with Gasteiger partial charge in [0.1, 0.15) is 0 Å². The molecule has 1 N–H and O–H groups in total. The molecule has 14 heavy (non-hydrogen) atoms. The van der Waals surface area contributed by atoms with Crippen LogP contribution in [0.25, 0.3) is 0 Å². The molecule has 80 valence electrons. The van der Waals surface area contributed by atoms with Gasteiger partial charge in [-0.05, 0) is 37.7 Å². The van der Waals surface area contributed by atoms with E-state index in [1.54, 1.807) is 6.08 Å². The van der Waals surface area contributed by atoms with Crippen LogP contribution in [0, 0.1) is 5.41 Å². The summed E-state index contributed by atoms with van der Waals surface area (Å²) in [7, 11) is 0. The van der Waals surface area contributed by atoms with Gasteiger partial charge in [0.25, 0.3) is 0 Å². The zero-order chi connectivity index (χ0) is 10.6. The van der Waals surface area contributed by atoms with Crippen LogP contribution in [0.15, 0.2) is 11.6 Å². The molecule has 0 aromatic rings. The van der Waals surface area contributed by atoms with Crippen LogP contribution in [0.1, 0.15) is 46.0 Å². The number of hydrogen-bond donors (Lipinski definition) is 1. The molecule has 0 aromatic carbocycles. The molecular formula is C12H20O2. The Kier molecular flexibility index (Phi) is 3.87. The Morgan fingerprint density at radius 1 is 1.43 bits per heavy atom. The molecule has 0 bridgehead atoms. The lowest BCUT2D eigenvalue weighted by Gasteiger charge is -2.35. The summed E-state index contributed by atoms with van der Waals surface area (Å²) in [6.07, 6.45) is 6.25. The Balaban J connectivity index is 2.78. The Bertz CT molecular complexity index is 235. The van der Waals surface area contributed by atoms with Crippen molar-refractivity contribution in [3.63, 3.8) is 0 Å². The van der Waals surface area contributed by atoms with E-state index in [1.165, 1.54) is 5.57 Å². The molecule has 1 unspecified atom stereocenters. The second kappa shape index (κ2) is 4.74. The minimum Gasteiger partial charge on any atom is -0.396 e. The Labute approximate surface area is 86.0 Å². The standard InChI is InChI=1S/C12H20O2/c1-3-4-12(5-6-13)8-10(2)7-11(14)9-12/h7,13H,3-6,8-9H2,1-2H3. The van der Waals surface area contributed by atoms with Crippen molar-refractivity contribution in [3.05, 3.63) is 11.6 Å². The molecular weight excluding hydrogens is 176 g/mol. The van der Waals surface area contributed by atoms with Crippen molar-refractivity contribution in [3.8, 4) is 0 Å². The molecule has 0 saturated carbocycles. The molecule has 0 fully saturated rings. The smallest absolute Gasteiger partial charge is 0.156 e. The van der Waals surface area contributed by atoms with E-state index in [1.807, 2.05) is 6.92 Å². The SMILES string of the molecule is CCCC1(CCO)CC(=O)C=C(C)C1. The molecule has 0 aromatic heterocycles. The number of carbonyl (C=O) groups excluding carboxylic acids is 1. The molecule has 1 aliphatic rings. The Morgan fingerprint density at radius 2 is 2.14 bits per heavy atom. The first-order chi connectivity index (χ1) is 6.62. The second-order valence-corrected chi connectivity index (χ2v) is 4.53. The van der Waals surface area contributed by atoms with Crippen LogP contribution >= 0.6 is 0 Å². The zero-order valence-electron chi connectivity index (χ0n) is 9.18. The van der Waals surface area contributed by atoms with Crippen molar-refractivity contribution in [2.75, 3.05) is 6.61 Å². The Hall–Kier alpha value is -0.630. The summed E-state index contributed by atoms with van der Waals surface area (Å²) in [5.41, 5.74) is 1.22. The predicted molar refractivity (Wildman–Crippen MR) is 57.0 cm³/mol. The lowest BCUT2D eigenvalue weighted by atomic mass is 9.69. The molecule has 0 saturated heterocycles. The van der Waals surface area contributed by atoms with Gasteiger partial charge in [-0.1, -0.05) is 18.9 Å². The number of aliphatic hydroxyl groups excluding tert-OH is 1. The van der Waals surface area contributed by atoms with Crippen LogP contribution in [0.4, 0.5) is 0 Å². The van der Waals surface area contributed by atoms with E-state index in [0.717, 1.165) is 25.7 Å². The minimum absolute atomic E-state index is 0.0550. The molecule has 0 spiro atoms. The summed E-state index contributed by atoms with van der Waals surface area (Å²) in [6, 6.07) is 0. The average Bonchev–Trinajstić information content (AvgIpc) is 2.02. The van der Waals surface area contributed by atoms with E-state index in [0.29, 0.717) is 6.42 Å². The topological polar surface area (TPSA) is 37.3 Å². The number of hydrogen-bond acceptors (Lipinski definition) is 2. The maximum absolute atomic E-state index is 11.5. The largest absolute Gasteiger partial charge is 0.396 e. The molecule has 1 rings (SSSR count). The monoisotopic (exact) mass is 196 g/mol. The van der Waals surface area contributed by atoms with Gasteiger partial charge in [0, 0.05) is 13.0 Å². The highest BCUT2D eigenvalue weighted by atomic mass is 16.3. The van der Waals surface area contributed by atoms with Crippen LogP contribution in [0.2, 0.25) is 0 Å². The van der Waals surface area contributed by atoms with Gasteiger partial charge in [-0.3, -0.25) is 4.79 Å². The average molecular weight is 196 g/mol. The number of rotatable bonds is 4. The highest BCUT2D eigenvalue weighted by molar-refractivity contribution is 5.91. The number of carbonyl (C=O) groups is 1. The first kappa shape index (κ1) is 11.4. The van der Waals surface area contributed by atoms with E-state index in [2.05, 4.69) is 6.92 Å². The number of allylic oxidation sites excluding steroid dienone is 2. The van der Waals surface area contributed by atoms with Gasteiger partial charge >= 0.3 is 0 Å². The first-order valence-corrected chi connectivity index (χ1v) is 5.43. The van der Waals surface area contributed by atoms with Crippen LogP contribution in [-0.2, 0) is 4.79 Å². The van der Waals surface area contributed by atoms with Gasteiger partial charge in [-0.2, -0.15) is 0 Å². The van der Waals surface area contributed by atoms with Crippen LogP contribution < -0.4 is 0 Å². The fraction of sp³-hybridized carbons (Fsp3) is 0.750. The summed E-state index contributed by atoms with van der Waals surface area (Å²) in [5, 5.41) is 9.05. The normalized spacial score (nSPS) is 27.6. The van der Waals surface area contributed by atoms with E-state index < -0.39 is 0 Å². The highest BCUT2D eigenvalue weighted by Crippen LogP contribution is 2.41. The molecule has 0 radical (unpaired) electrons. The van der Waals surface area contributed by atoms with Crippen LogP contribution in [-0.4, -0.2) is 17.5 Å².